The quantitative estimate of drug-likeness (QED) is 0.315. The third kappa shape index (κ3) is 5.92. The predicted octanol–water partition coefficient (Wildman–Crippen LogP) is 4.46. The van der Waals surface area contributed by atoms with Gasteiger partial charge in [-0.1, -0.05) is 72.8 Å². The number of non-ortho nitro benzene ring substituents is 1. The Balaban J connectivity index is 1.68. The molecular formula is C29H28N4O4. The minimum atomic E-state index is -0.714. The fraction of sp³-hybridized carbons (Fsp3) is 0.172. The molecule has 0 radical (unpaired) electrons. The Labute approximate surface area is 215 Å². The number of dihydropyridines is 1. The van der Waals surface area contributed by atoms with Crippen molar-refractivity contribution in [2.45, 2.75) is 32.9 Å². The van der Waals surface area contributed by atoms with Crippen LogP contribution in [-0.4, -0.2) is 16.7 Å². The maximum atomic E-state index is 13.5. The van der Waals surface area contributed by atoms with Crippen LogP contribution in [0.3, 0.4) is 0 Å². The number of benzene rings is 3. The number of rotatable bonds is 8. The van der Waals surface area contributed by atoms with Crippen LogP contribution in [0.4, 0.5) is 5.69 Å². The van der Waals surface area contributed by atoms with Crippen LogP contribution in [0.2, 0.25) is 0 Å². The van der Waals surface area contributed by atoms with E-state index in [2.05, 4.69) is 16.0 Å². The first-order valence-electron chi connectivity index (χ1n) is 11.9. The minimum absolute atomic E-state index is 0.0655. The van der Waals surface area contributed by atoms with Crippen LogP contribution >= 0.6 is 0 Å². The van der Waals surface area contributed by atoms with E-state index in [1.54, 1.807) is 26.0 Å². The van der Waals surface area contributed by atoms with E-state index >= 15 is 0 Å². The van der Waals surface area contributed by atoms with Crippen molar-refractivity contribution in [1.29, 1.82) is 0 Å². The molecule has 3 N–H and O–H groups in total. The van der Waals surface area contributed by atoms with Gasteiger partial charge in [-0.05, 0) is 30.5 Å². The minimum Gasteiger partial charge on any atom is -0.362 e. The lowest BCUT2D eigenvalue weighted by Gasteiger charge is -2.31. The summed E-state index contributed by atoms with van der Waals surface area (Å²) in [6.45, 7) is 4.22. The zero-order chi connectivity index (χ0) is 26.4. The van der Waals surface area contributed by atoms with Gasteiger partial charge in [0.25, 0.3) is 5.69 Å². The third-order valence-corrected chi connectivity index (χ3v) is 6.28. The molecule has 1 heterocycles. The lowest BCUT2D eigenvalue weighted by Crippen LogP contribution is -2.38. The maximum Gasteiger partial charge on any atom is 0.269 e. The zero-order valence-electron chi connectivity index (χ0n) is 20.7. The highest BCUT2D eigenvalue weighted by Crippen LogP contribution is 2.38. The number of carbonyl (C=O) groups is 2. The van der Waals surface area contributed by atoms with Gasteiger partial charge in [0.05, 0.1) is 4.92 Å². The molecule has 0 atom stereocenters. The van der Waals surface area contributed by atoms with E-state index in [1.165, 1.54) is 12.1 Å². The molecule has 4 rings (SSSR count). The van der Waals surface area contributed by atoms with Gasteiger partial charge in [-0.25, -0.2) is 0 Å². The van der Waals surface area contributed by atoms with Crippen LogP contribution in [0.5, 0.6) is 0 Å². The fourth-order valence-corrected chi connectivity index (χ4v) is 4.46. The summed E-state index contributed by atoms with van der Waals surface area (Å²) < 4.78 is 0. The van der Waals surface area contributed by atoms with E-state index in [4.69, 9.17) is 0 Å². The molecule has 0 saturated heterocycles. The SMILES string of the molecule is CC1=C(C(=O)NCc2ccccc2)C(c2ccc([N+](=O)[O-])cc2)C(C(=O)NCc2ccccc2)=C(C)N1. The number of nitrogens with one attached hydrogen (secondary N) is 3. The van der Waals surface area contributed by atoms with E-state index in [9.17, 15) is 19.7 Å². The van der Waals surface area contributed by atoms with Crippen molar-refractivity contribution in [3.8, 4) is 0 Å². The van der Waals surface area contributed by atoms with E-state index in [0.29, 0.717) is 41.2 Å². The van der Waals surface area contributed by atoms with Crippen LogP contribution in [0.15, 0.2) is 107 Å². The molecule has 188 valence electrons. The zero-order valence-corrected chi connectivity index (χ0v) is 20.7. The van der Waals surface area contributed by atoms with Crippen molar-refractivity contribution in [3.05, 3.63) is 134 Å². The second-order valence-electron chi connectivity index (χ2n) is 8.82. The first-order valence-corrected chi connectivity index (χ1v) is 11.9. The Kier molecular flexibility index (Phi) is 7.78. The number of nitro groups is 1. The third-order valence-electron chi connectivity index (χ3n) is 6.28. The number of hydrogen-bond acceptors (Lipinski definition) is 5. The first-order chi connectivity index (χ1) is 17.8. The highest BCUT2D eigenvalue weighted by atomic mass is 16.6. The second-order valence-corrected chi connectivity index (χ2v) is 8.82. The summed E-state index contributed by atoms with van der Waals surface area (Å²) in [6.07, 6.45) is 0. The lowest BCUT2D eigenvalue weighted by atomic mass is 9.79. The normalized spacial score (nSPS) is 13.7. The molecule has 3 aromatic carbocycles. The van der Waals surface area contributed by atoms with Gasteiger partial charge in [0.1, 0.15) is 0 Å². The van der Waals surface area contributed by atoms with Gasteiger partial charge in [-0.2, -0.15) is 0 Å². The molecule has 1 aliphatic heterocycles. The molecule has 2 amide bonds. The summed E-state index contributed by atoms with van der Waals surface area (Å²) in [5, 5.41) is 20.3. The van der Waals surface area contributed by atoms with Crippen molar-refractivity contribution >= 4 is 17.5 Å². The van der Waals surface area contributed by atoms with Crippen molar-refractivity contribution < 1.29 is 14.5 Å². The lowest BCUT2D eigenvalue weighted by molar-refractivity contribution is -0.384. The number of allylic oxidation sites excluding steroid dienone is 2. The highest BCUT2D eigenvalue weighted by Gasteiger charge is 2.36. The topological polar surface area (TPSA) is 113 Å². The Morgan fingerprint density at radius 3 is 1.59 bits per heavy atom. The van der Waals surface area contributed by atoms with Crippen molar-refractivity contribution in [3.63, 3.8) is 0 Å². The largest absolute Gasteiger partial charge is 0.362 e. The standard InChI is InChI=1S/C29H28N4O4/c1-19-25(28(34)30-17-21-9-5-3-6-10-21)27(23-13-15-24(16-14-23)33(36)37)26(20(2)32-19)29(35)31-18-22-11-7-4-8-12-22/h3-16,27,32H,17-18H2,1-2H3,(H,30,34)(H,31,35). The predicted molar refractivity (Wildman–Crippen MR) is 141 cm³/mol. The van der Waals surface area contributed by atoms with Crippen molar-refractivity contribution in [2.24, 2.45) is 0 Å². The van der Waals surface area contributed by atoms with Crippen LogP contribution in [0.1, 0.15) is 36.5 Å². The molecule has 37 heavy (non-hydrogen) atoms. The molecule has 0 spiro atoms. The molecule has 3 aromatic rings. The molecule has 8 heteroatoms. The summed E-state index contributed by atoms with van der Waals surface area (Å²) in [7, 11) is 0. The Morgan fingerprint density at radius 1 is 0.757 bits per heavy atom. The maximum absolute atomic E-state index is 13.5. The van der Waals surface area contributed by atoms with E-state index < -0.39 is 10.8 Å². The molecule has 0 fully saturated rings. The Bertz CT molecular complexity index is 1290. The average Bonchev–Trinajstić information content (AvgIpc) is 2.91. The van der Waals surface area contributed by atoms with E-state index in [0.717, 1.165) is 11.1 Å². The van der Waals surface area contributed by atoms with Gasteiger partial charge in [0.2, 0.25) is 11.8 Å². The Morgan fingerprint density at radius 2 is 1.19 bits per heavy atom. The highest BCUT2D eigenvalue weighted by molar-refractivity contribution is 6.03. The Hall–Kier alpha value is -4.72. The molecule has 0 unspecified atom stereocenters. The number of carbonyl (C=O) groups excluding carboxylic acids is 2. The molecule has 8 nitrogen and oxygen atoms in total. The smallest absolute Gasteiger partial charge is 0.269 e. The molecule has 0 bridgehead atoms. The van der Waals surface area contributed by atoms with Gasteiger partial charge in [0, 0.05) is 53.7 Å². The van der Waals surface area contributed by atoms with Crippen LogP contribution in [-0.2, 0) is 22.7 Å². The summed E-state index contributed by atoms with van der Waals surface area (Å²) in [4.78, 5) is 37.8. The molecular weight excluding hydrogens is 468 g/mol. The number of amides is 2. The second kappa shape index (κ2) is 11.3. The summed E-state index contributed by atoms with van der Waals surface area (Å²) >= 11 is 0. The van der Waals surface area contributed by atoms with Gasteiger partial charge in [-0.3, -0.25) is 19.7 Å². The van der Waals surface area contributed by atoms with Gasteiger partial charge in [-0.15, -0.1) is 0 Å². The summed E-state index contributed by atoms with van der Waals surface area (Å²) in [5.41, 5.74) is 4.44. The molecule has 0 aromatic heterocycles. The average molecular weight is 497 g/mol. The van der Waals surface area contributed by atoms with Crippen molar-refractivity contribution in [2.75, 3.05) is 0 Å². The van der Waals surface area contributed by atoms with Gasteiger partial charge < -0.3 is 16.0 Å². The van der Waals surface area contributed by atoms with Crippen LogP contribution in [0.25, 0.3) is 0 Å². The van der Waals surface area contributed by atoms with E-state index in [1.807, 2.05) is 60.7 Å². The number of nitro benzene ring substituents is 1. The van der Waals surface area contributed by atoms with Crippen LogP contribution < -0.4 is 16.0 Å². The van der Waals surface area contributed by atoms with E-state index in [-0.39, 0.29) is 17.5 Å². The molecule has 0 aliphatic carbocycles. The first kappa shape index (κ1) is 25.4. The molecule has 0 saturated carbocycles. The fourth-order valence-electron chi connectivity index (χ4n) is 4.46. The van der Waals surface area contributed by atoms with Gasteiger partial charge in [0.15, 0.2) is 0 Å². The van der Waals surface area contributed by atoms with Crippen molar-refractivity contribution in [1.82, 2.24) is 16.0 Å². The van der Waals surface area contributed by atoms with Crippen LogP contribution in [0, 0.1) is 10.1 Å². The van der Waals surface area contributed by atoms with Gasteiger partial charge >= 0.3 is 0 Å². The summed E-state index contributed by atoms with van der Waals surface area (Å²) in [5.74, 6) is -1.36. The number of hydrogen-bond donors (Lipinski definition) is 3. The molecule has 1 aliphatic rings. The number of nitrogens with zero attached hydrogens (tertiary/aromatic N) is 1. The monoisotopic (exact) mass is 496 g/mol. The summed E-state index contributed by atoms with van der Waals surface area (Å²) in [6, 6.07) is 25.1.